The monoisotopic (exact) mass is 836 g/mol. The van der Waals surface area contributed by atoms with Gasteiger partial charge in [-0.3, -0.25) is 14.2 Å². The summed E-state index contributed by atoms with van der Waals surface area (Å²) in [5, 5.41) is 0. The number of rotatable bonds is 41. The highest BCUT2D eigenvalue weighted by Gasteiger charge is 2.21. The van der Waals surface area contributed by atoms with Gasteiger partial charge in [0.25, 0.3) is 7.82 Å². The van der Waals surface area contributed by atoms with E-state index >= 15 is 0 Å². The molecule has 9 nitrogen and oxygen atoms in total. The van der Waals surface area contributed by atoms with Crippen molar-refractivity contribution >= 4 is 19.8 Å². The zero-order chi connectivity index (χ0) is 42.8. The Kier molecular flexibility index (Phi) is 38.5. The van der Waals surface area contributed by atoms with Crippen molar-refractivity contribution in [2.45, 2.75) is 187 Å². The second kappa shape index (κ2) is 40.1. The highest BCUT2D eigenvalue weighted by atomic mass is 31.2. The lowest BCUT2D eigenvalue weighted by Gasteiger charge is -2.28. The molecule has 0 aliphatic heterocycles. The molecule has 0 saturated carbocycles. The summed E-state index contributed by atoms with van der Waals surface area (Å²) < 4.78 is 33.9. The Morgan fingerprint density at radius 3 is 1.45 bits per heavy atom. The average Bonchev–Trinajstić information content (AvgIpc) is 3.17. The number of quaternary nitrogens is 1. The van der Waals surface area contributed by atoms with Gasteiger partial charge < -0.3 is 27.9 Å². The van der Waals surface area contributed by atoms with E-state index in [0.29, 0.717) is 23.9 Å². The predicted molar refractivity (Wildman–Crippen MR) is 240 cm³/mol. The van der Waals surface area contributed by atoms with Crippen LogP contribution in [-0.2, 0) is 32.7 Å². The van der Waals surface area contributed by atoms with Crippen LogP contribution < -0.4 is 4.89 Å². The van der Waals surface area contributed by atoms with Crippen molar-refractivity contribution in [2.75, 3.05) is 47.5 Å². The zero-order valence-corrected chi connectivity index (χ0v) is 38.6. The van der Waals surface area contributed by atoms with Gasteiger partial charge in [0, 0.05) is 12.8 Å². The fraction of sp³-hybridized carbons (Fsp3) is 0.750. The minimum atomic E-state index is -4.64. The Morgan fingerprint density at radius 1 is 0.534 bits per heavy atom. The van der Waals surface area contributed by atoms with Gasteiger partial charge in [-0.1, -0.05) is 145 Å². The molecule has 0 saturated heterocycles. The molecule has 0 N–H and O–H groups in total. The van der Waals surface area contributed by atoms with Crippen LogP contribution in [0.1, 0.15) is 181 Å². The van der Waals surface area contributed by atoms with Crippen LogP contribution in [0.5, 0.6) is 0 Å². The largest absolute Gasteiger partial charge is 0.756 e. The number of allylic oxidation sites excluding steroid dienone is 10. The number of carbonyl (C=O) groups is 2. The van der Waals surface area contributed by atoms with Crippen molar-refractivity contribution < 1.29 is 42.1 Å². The second-order valence-corrected chi connectivity index (χ2v) is 17.8. The molecule has 0 aliphatic carbocycles. The van der Waals surface area contributed by atoms with E-state index < -0.39 is 32.5 Å². The Bertz CT molecular complexity index is 1170. The molecule has 0 aromatic rings. The maximum atomic E-state index is 12.7. The lowest BCUT2D eigenvalue weighted by atomic mass is 10.1. The quantitative estimate of drug-likeness (QED) is 0.0197. The van der Waals surface area contributed by atoms with Gasteiger partial charge in [-0.05, 0) is 83.5 Å². The van der Waals surface area contributed by atoms with Gasteiger partial charge in [0.05, 0.1) is 27.7 Å². The molecular formula is C48H86NO8P. The van der Waals surface area contributed by atoms with E-state index in [1.54, 1.807) is 0 Å². The van der Waals surface area contributed by atoms with Crippen molar-refractivity contribution in [3.05, 3.63) is 60.8 Å². The first-order valence-corrected chi connectivity index (χ1v) is 24.5. The number of hydrogen-bond acceptors (Lipinski definition) is 8. The van der Waals surface area contributed by atoms with Gasteiger partial charge in [-0.15, -0.1) is 0 Å². The van der Waals surface area contributed by atoms with E-state index in [1.165, 1.54) is 70.6 Å². The topological polar surface area (TPSA) is 111 Å². The van der Waals surface area contributed by atoms with Crippen LogP contribution in [-0.4, -0.2) is 70.0 Å². The highest BCUT2D eigenvalue weighted by Crippen LogP contribution is 2.38. The summed E-state index contributed by atoms with van der Waals surface area (Å²) in [6.45, 7) is 4.14. The molecule has 0 aromatic heterocycles. The average molecular weight is 836 g/mol. The van der Waals surface area contributed by atoms with Crippen LogP contribution in [0.25, 0.3) is 0 Å². The third-order valence-electron chi connectivity index (χ3n) is 9.51. The van der Waals surface area contributed by atoms with Crippen LogP contribution in [0, 0.1) is 0 Å². The molecule has 0 aromatic carbocycles. The van der Waals surface area contributed by atoms with Crippen LogP contribution in [0.2, 0.25) is 0 Å². The maximum absolute atomic E-state index is 12.7. The normalized spacial score (nSPS) is 14.1. The molecule has 58 heavy (non-hydrogen) atoms. The van der Waals surface area contributed by atoms with Gasteiger partial charge in [-0.25, -0.2) is 0 Å². The summed E-state index contributed by atoms with van der Waals surface area (Å²) in [6.07, 6.45) is 48.1. The van der Waals surface area contributed by atoms with Gasteiger partial charge >= 0.3 is 11.9 Å². The van der Waals surface area contributed by atoms with E-state index in [4.69, 9.17) is 18.5 Å². The van der Waals surface area contributed by atoms with Crippen LogP contribution >= 0.6 is 7.82 Å². The number of unbranched alkanes of at least 4 members (excludes halogenated alkanes) is 17. The molecule has 2 atom stereocenters. The summed E-state index contributed by atoms with van der Waals surface area (Å²) >= 11 is 0. The number of esters is 2. The Hall–Kier alpha value is -2.29. The second-order valence-electron chi connectivity index (χ2n) is 16.4. The zero-order valence-electron chi connectivity index (χ0n) is 37.7. The van der Waals surface area contributed by atoms with Crippen LogP contribution in [0.4, 0.5) is 0 Å². The molecule has 0 spiro atoms. The first kappa shape index (κ1) is 55.7. The fourth-order valence-electron chi connectivity index (χ4n) is 5.87. The van der Waals surface area contributed by atoms with Crippen molar-refractivity contribution in [3.63, 3.8) is 0 Å². The molecule has 0 heterocycles. The molecule has 0 radical (unpaired) electrons. The highest BCUT2D eigenvalue weighted by molar-refractivity contribution is 7.45. The van der Waals surface area contributed by atoms with E-state index in [2.05, 4.69) is 74.6 Å². The third kappa shape index (κ3) is 43.3. The Labute approximate surface area is 356 Å². The maximum Gasteiger partial charge on any atom is 0.306 e. The summed E-state index contributed by atoms with van der Waals surface area (Å²) in [5.74, 6) is -0.883. The van der Waals surface area contributed by atoms with Crippen molar-refractivity contribution in [1.82, 2.24) is 0 Å². The number of carbonyl (C=O) groups excluding carboxylic acids is 2. The van der Waals surface area contributed by atoms with Gasteiger partial charge in [0.15, 0.2) is 6.10 Å². The van der Waals surface area contributed by atoms with E-state index in [-0.39, 0.29) is 26.1 Å². The smallest absolute Gasteiger partial charge is 0.306 e. The molecule has 0 rings (SSSR count). The summed E-state index contributed by atoms with van der Waals surface area (Å²) in [5.41, 5.74) is 0. The number of phosphoric ester groups is 1. The lowest BCUT2D eigenvalue weighted by Crippen LogP contribution is -2.37. The minimum Gasteiger partial charge on any atom is -0.756 e. The fourth-order valence-corrected chi connectivity index (χ4v) is 6.60. The number of ether oxygens (including phenoxy) is 2. The van der Waals surface area contributed by atoms with Crippen molar-refractivity contribution in [3.8, 4) is 0 Å². The summed E-state index contributed by atoms with van der Waals surface area (Å²) in [6, 6.07) is 0. The van der Waals surface area contributed by atoms with E-state index in [0.717, 1.165) is 70.6 Å². The summed E-state index contributed by atoms with van der Waals surface area (Å²) in [4.78, 5) is 37.6. The first-order chi connectivity index (χ1) is 28.0. The van der Waals surface area contributed by atoms with Crippen molar-refractivity contribution in [2.24, 2.45) is 0 Å². The standard InChI is InChI=1S/C48H86NO8P/c1-6-8-10-12-14-16-18-20-22-23-24-25-27-28-30-32-34-36-38-40-47(50)54-44-46(45-56-58(52,53)55-43-42-49(3,4)5)57-48(51)41-39-37-35-33-31-29-26-21-19-17-15-13-11-9-7-2/h14,16,20-22,24-26,28,30,46H,6-13,15,17-19,23,27,29,31-45H2,1-5H3/b16-14+,22-20+,25-24+,26-21+,30-28+/t46-/m1/s1. The molecule has 336 valence electrons. The van der Waals surface area contributed by atoms with E-state index in [1.807, 2.05) is 21.1 Å². The molecule has 0 fully saturated rings. The first-order valence-electron chi connectivity index (χ1n) is 23.0. The lowest BCUT2D eigenvalue weighted by molar-refractivity contribution is -0.870. The van der Waals surface area contributed by atoms with Crippen LogP contribution in [0.15, 0.2) is 60.8 Å². The van der Waals surface area contributed by atoms with Gasteiger partial charge in [0.2, 0.25) is 0 Å². The van der Waals surface area contributed by atoms with Crippen molar-refractivity contribution in [1.29, 1.82) is 0 Å². The molecule has 0 bridgehead atoms. The number of likely N-dealkylation sites (N-methyl/N-ethyl adjacent to an activating group) is 1. The minimum absolute atomic E-state index is 0.0401. The molecule has 10 heteroatoms. The summed E-state index contributed by atoms with van der Waals surface area (Å²) in [7, 11) is 1.13. The molecule has 1 unspecified atom stereocenters. The van der Waals surface area contributed by atoms with E-state index in [9.17, 15) is 19.0 Å². The number of phosphoric acid groups is 1. The molecular weight excluding hydrogens is 750 g/mol. The Morgan fingerprint density at radius 2 is 0.931 bits per heavy atom. The number of nitrogens with zero attached hydrogens (tertiary/aromatic N) is 1. The molecule has 0 aliphatic rings. The number of hydrogen-bond donors (Lipinski definition) is 0. The molecule has 0 amide bonds. The van der Waals surface area contributed by atoms with Gasteiger partial charge in [0.1, 0.15) is 19.8 Å². The Balaban J connectivity index is 4.42. The SMILES string of the molecule is CCCCC/C=C/C/C=C/C/C=C/C/C=C/CCCCCC(=O)OC[C@H](COP(=O)([O-])OCC[N+](C)(C)C)OC(=O)CCCCCCC/C=C/CCCCCCCC. The third-order valence-corrected chi connectivity index (χ3v) is 10.5. The predicted octanol–water partition coefficient (Wildman–Crippen LogP) is 12.6. The van der Waals surface area contributed by atoms with Crippen LogP contribution in [0.3, 0.4) is 0 Å². The van der Waals surface area contributed by atoms with Gasteiger partial charge in [-0.2, -0.15) is 0 Å².